The first-order chi connectivity index (χ1) is 11.2. The van der Waals surface area contributed by atoms with Crippen LogP contribution in [-0.4, -0.2) is 30.8 Å². The van der Waals surface area contributed by atoms with Crippen LogP contribution in [0.4, 0.5) is 0 Å². The molecule has 5 nitrogen and oxygen atoms in total. The number of carboxylic acids is 1. The van der Waals surface area contributed by atoms with E-state index in [9.17, 15) is 9.90 Å². The van der Waals surface area contributed by atoms with Crippen LogP contribution in [0.3, 0.4) is 0 Å². The predicted octanol–water partition coefficient (Wildman–Crippen LogP) is 2.45. The number of hydrogen-bond acceptors (Lipinski definition) is 4. The molecule has 2 aromatic rings. The summed E-state index contributed by atoms with van der Waals surface area (Å²) in [5.41, 5.74) is 4.52. The molecule has 0 bridgehead atoms. The van der Waals surface area contributed by atoms with Gasteiger partial charge in [-0.3, -0.25) is 4.79 Å². The van der Waals surface area contributed by atoms with Crippen LogP contribution in [0.15, 0.2) is 54.6 Å². The maximum absolute atomic E-state index is 11.2. The van der Waals surface area contributed by atoms with Crippen LogP contribution in [0.5, 0.6) is 5.75 Å². The molecule has 0 amide bonds. The summed E-state index contributed by atoms with van der Waals surface area (Å²) in [6, 6.07) is 16.7. The zero-order valence-electron chi connectivity index (χ0n) is 13.1. The van der Waals surface area contributed by atoms with E-state index in [1.807, 2.05) is 42.5 Å². The van der Waals surface area contributed by atoms with E-state index in [0.717, 1.165) is 12.0 Å². The van der Waals surface area contributed by atoms with Gasteiger partial charge in [-0.15, -0.1) is 0 Å². The van der Waals surface area contributed by atoms with E-state index in [0.29, 0.717) is 12.4 Å². The molecule has 2 aromatic carbocycles. The Morgan fingerprint density at radius 2 is 1.83 bits per heavy atom. The van der Waals surface area contributed by atoms with E-state index in [-0.39, 0.29) is 6.42 Å². The van der Waals surface area contributed by atoms with E-state index < -0.39 is 12.0 Å². The number of aliphatic carboxylic acids is 1. The number of hydroxylamine groups is 1. The molecule has 0 saturated carbocycles. The van der Waals surface area contributed by atoms with Crippen molar-refractivity contribution in [2.45, 2.75) is 18.9 Å². The van der Waals surface area contributed by atoms with Crippen LogP contribution in [0.25, 0.3) is 0 Å². The van der Waals surface area contributed by atoms with Crippen LogP contribution in [0.1, 0.15) is 11.1 Å². The van der Waals surface area contributed by atoms with Crippen molar-refractivity contribution in [3.05, 3.63) is 65.7 Å². The van der Waals surface area contributed by atoms with Gasteiger partial charge in [-0.05, 0) is 17.2 Å². The van der Waals surface area contributed by atoms with Crippen LogP contribution < -0.4 is 10.2 Å². The van der Waals surface area contributed by atoms with Gasteiger partial charge < -0.3 is 14.7 Å². The molecule has 2 N–H and O–H groups in total. The van der Waals surface area contributed by atoms with Crippen molar-refractivity contribution in [3.8, 4) is 5.75 Å². The molecule has 0 saturated heterocycles. The van der Waals surface area contributed by atoms with Crippen molar-refractivity contribution in [3.63, 3.8) is 0 Å². The molecule has 0 aliphatic carbocycles. The summed E-state index contributed by atoms with van der Waals surface area (Å²) in [5, 5.41) is 9.20. The minimum absolute atomic E-state index is 0.282. The van der Waals surface area contributed by atoms with Crippen molar-refractivity contribution in [1.82, 2.24) is 5.48 Å². The lowest BCUT2D eigenvalue weighted by atomic mass is 10.1. The van der Waals surface area contributed by atoms with Crippen LogP contribution in [0.2, 0.25) is 0 Å². The molecule has 0 spiro atoms. The van der Waals surface area contributed by atoms with E-state index >= 15 is 0 Å². The van der Waals surface area contributed by atoms with Gasteiger partial charge in [0.25, 0.3) is 0 Å². The van der Waals surface area contributed by atoms with Gasteiger partial charge in [0.05, 0.1) is 13.7 Å². The van der Waals surface area contributed by atoms with Gasteiger partial charge in [-0.2, -0.15) is 5.48 Å². The standard InChI is InChI=1S/C18H21NO4/c1-22-19-16(18(20)21)13-15-9-5-6-10-17(15)23-12-11-14-7-3-2-4-8-14/h2-10,16,19H,11-13H2,1H3,(H,20,21)/t16-/m0/s1. The van der Waals surface area contributed by atoms with Crippen molar-refractivity contribution >= 4 is 5.97 Å². The van der Waals surface area contributed by atoms with Gasteiger partial charge in [-0.25, -0.2) is 0 Å². The Labute approximate surface area is 135 Å². The molecule has 1 atom stereocenters. The third-order valence-corrected chi connectivity index (χ3v) is 3.45. The fraction of sp³-hybridized carbons (Fsp3) is 0.278. The molecular formula is C18H21NO4. The molecule has 0 aliphatic rings. The number of carbonyl (C=O) groups is 1. The predicted molar refractivity (Wildman–Crippen MR) is 87.4 cm³/mol. The monoisotopic (exact) mass is 315 g/mol. The highest BCUT2D eigenvalue weighted by atomic mass is 16.6. The summed E-state index contributed by atoms with van der Waals surface area (Å²) in [7, 11) is 1.40. The summed E-state index contributed by atoms with van der Waals surface area (Å²) in [6.07, 6.45) is 1.08. The molecule has 0 aromatic heterocycles. The molecule has 0 heterocycles. The highest BCUT2D eigenvalue weighted by molar-refractivity contribution is 5.73. The minimum Gasteiger partial charge on any atom is -0.493 e. The Morgan fingerprint density at radius 3 is 2.52 bits per heavy atom. The van der Waals surface area contributed by atoms with Crippen LogP contribution >= 0.6 is 0 Å². The Kier molecular flexibility index (Phi) is 6.59. The SMILES string of the molecule is CON[C@@H](Cc1ccccc1OCCc1ccccc1)C(=O)O. The maximum Gasteiger partial charge on any atom is 0.323 e. The van der Waals surface area contributed by atoms with E-state index in [4.69, 9.17) is 9.57 Å². The molecule has 2 rings (SSSR count). The first-order valence-electron chi connectivity index (χ1n) is 7.46. The second-order valence-corrected chi connectivity index (χ2v) is 5.11. The third-order valence-electron chi connectivity index (χ3n) is 3.45. The number of nitrogens with one attached hydrogen (secondary N) is 1. The first kappa shape index (κ1) is 17.0. The average molecular weight is 315 g/mol. The Hall–Kier alpha value is -2.37. The molecule has 0 radical (unpaired) electrons. The van der Waals surface area contributed by atoms with Crippen molar-refractivity contribution in [1.29, 1.82) is 0 Å². The number of rotatable bonds is 9. The Morgan fingerprint density at radius 1 is 1.13 bits per heavy atom. The normalized spacial score (nSPS) is 11.9. The summed E-state index contributed by atoms with van der Waals surface area (Å²) >= 11 is 0. The molecule has 0 fully saturated rings. The largest absolute Gasteiger partial charge is 0.493 e. The summed E-state index contributed by atoms with van der Waals surface area (Å²) < 4.78 is 5.84. The lowest BCUT2D eigenvalue weighted by molar-refractivity contribution is -0.143. The van der Waals surface area contributed by atoms with Gasteiger partial charge in [0.15, 0.2) is 0 Å². The Balaban J connectivity index is 1.98. The van der Waals surface area contributed by atoms with Gasteiger partial charge in [0, 0.05) is 12.8 Å². The van der Waals surface area contributed by atoms with Crippen molar-refractivity contribution in [2.75, 3.05) is 13.7 Å². The number of ether oxygens (including phenoxy) is 1. The maximum atomic E-state index is 11.2. The van der Waals surface area contributed by atoms with Crippen LogP contribution in [-0.2, 0) is 22.5 Å². The smallest absolute Gasteiger partial charge is 0.323 e. The first-order valence-corrected chi connectivity index (χ1v) is 7.46. The second-order valence-electron chi connectivity index (χ2n) is 5.11. The zero-order valence-corrected chi connectivity index (χ0v) is 13.1. The van der Waals surface area contributed by atoms with E-state index in [1.165, 1.54) is 12.7 Å². The highest BCUT2D eigenvalue weighted by Crippen LogP contribution is 2.20. The van der Waals surface area contributed by atoms with Gasteiger partial charge in [0.1, 0.15) is 11.8 Å². The quantitative estimate of drug-likeness (QED) is 0.696. The molecule has 122 valence electrons. The van der Waals surface area contributed by atoms with Crippen LogP contribution in [0, 0.1) is 0 Å². The number of benzene rings is 2. The van der Waals surface area contributed by atoms with Crippen molar-refractivity contribution in [2.24, 2.45) is 0 Å². The lowest BCUT2D eigenvalue weighted by Gasteiger charge is -2.16. The number of carboxylic acid groups (broad SMARTS) is 1. The molecular weight excluding hydrogens is 294 g/mol. The fourth-order valence-electron chi connectivity index (χ4n) is 2.28. The lowest BCUT2D eigenvalue weighted by Crippen LogP contribution is -2.37. The summed E-state index contributed by atoms with van der Waals surface area (Å²) in [5.74, 6) is -0.265. The zero-order chi connectivity index (χ0) is 16.5. The third kappa shape index (κ3) is 5.39. The van der Waals surface area contributed by atoms with E-state index in [1.54, 1.807) is 0 Å². The molecule has 0 aliphatic heterocycles. The number of hydrogen-bond donors (Lipinski definition) is 2. The second kappa shape index (κ2) is 8.92. The van der Waals surface area contributed by atoms with E-state index in [2.05, 4.69) is 17.6 Å². The summed E-state index contributed by atoms with van der Waals surface area (Å²) in [6.45, 7) is 0.538. The summed E-state index contributed by atoms with van der Waals surface area (Å²) in [4.78, 5) is 16.0. The van der Waals surface area contributed by atoms with Crippen molar-refractivity contribution < 1.29 is 19.5 Å². The number of para-hydroxylation sites is 1. The topological polar surface area (TPSA) is 67.8 Å². The minimum atomic E-state index is -0.967. The van der Waals surface area contributed by atoms with Gasteiger partial charge in [0.2, 0.25) is 0 Å². The van der Waals surface area contributed by atoms with Gasteiger partial charge in [-0.1, -0.05) is 48.5 Å². The molecule has 5 heteroatoms. The Bertz CT molecular complexity index is 615. The van der Waals surface area contributed by atoms with Gasteiger partial charge >= 0.3 is 5.97 Å². The average Bonchev–Trinajstić information content (AvgIpc) is 2.57. The molecule has 23 heavy (non-hydrogen) atoms. The highest BCUT2D eigenvalue weighted by Gasteiger charge is 2.19. The fourth-order valence-corrected chi connectivity index (χ4v) is 2.28. The molecule has 0 unspecified atom stereocenters.